The molecule has 1 aliphatic carbocycles. The van der Waals surface area contributed by atoms with Gasteiger partial charge in [-0.3, -0.25) is 14.4 Å². The van der Waals surface area contributed by atoms with Gasteiger partial charge in [0.25, 0.3) is 0 Å². The van der Waals surface area contributed by atoms with Crippen LogP contribution in [0.1, 0.15) is 47.4 Å². The van der Waals surface area contributed by atoms with Crippen molar-refractivity contribution in [1.29, 1.82) is 0 Å². The molecule has 1 unspecified atom stereocenters. The van der Waals surface area contributed by atoms with Crippen LogP contribution in [0.4, 0.5) is 5.69 Å². The first-order valence-electron chi connectivity index (χ1n) is 12.2. The van der Waals surface area contributed by atoms with Crippen LogP contribution in [-0.2, 0) is 0 Å². The van der Waals surface area contributed by atoms with Gasteiger partial charge in [0.15, 0.2) is 17.3 Å². The third-order valence-corrected chi connectivity index (χ3v) is 9.68. The van der Waals surface area contributed by atoms with Gasteiger partial charge in [-0.15, -0.1) is 11.3 Å². The highest BCUT2D eigenvalue weighted by molar-refractivity contribution is 9.10. The Kier molecular flexibility index (Phi) is 5.38. The van der Waals surface area contributed by atoms with Crippen LogP contribution in [0.15, 0.2) is 94.8 Å². The standard InChI is InChI=1S/C31H19BrClNO3S/c32-19-10-7-17(8-11-19)26-27(28(35)24-6-3-15-38-24)34-23-13-12-20(33)16-18(23)9-14-25(34)31(26)29(36)21-4-1-2-5-22(21)30(31)37/h1-16,25-27H/t25?,26-,27+/m1/s1. The van der Waals surface area contributed by atoms with Gasteiger partial charge in [0.1, 0.15) is 11.5 Å². The summed E-state index contributed by atoms with van der Waals surface area (Å²) in [5.41, 5.74) is 1.74. The second-order valence-electron chi connectivity index (χ2n) is 9.80. The fourth-order valence-electron chi connectivity index (χ4n) is 6.56. The zero-order valence-corrected chi connectivity index (χ0v) is 23.0. The highest BCUT2D eigenvalue weighted by atomic mass is 79.9. The average Bonchev–Trinajstić information content (AvgIpc) is 3.62. The van der Waals surface area contributed by atoms with Crippen LogP contribution in [0.5, 0.6) is 0 Å². The van der Waals surface area contributed by atoms with Crippen molar-refractivity contribution >= 4 is 68.0 Å². The largest absolute Gasteiger partial charge is 0.352 e. The summed E-state index contributed by atoms with van der Waals surface area (Å²) < 4.78 is 0.874. The average molecular weight is 601 g/mol. The second kappa shape index (κ2) is 8.60. The Labute approximate surface area is 236 Å². The number of halogens is 2. The van der Waals surface area contributed by atoms with Crippen molar-refractivity contribution < 1.29 is 14.4 Å². The van der Waals surface area contributed by atoms with Crippen molar-refractivity contribution in [3.8, 4) is 0 Å². The topological polar surface area (TPSA) is 54.5 Å². The first-order valence-corrected chi connectivity index (χ1v) is 14.3. The lowest BCUT2D eigenvalue weighted by atomic mass is 9.64. The summed E-state index contributed by atoms with van der Waals surface area (Å²) in [6.45, 7) is 0. The number of benzene rings is 3. The zero-order valence-electron chi connectivity index (χ0n) is 19.8. The van der Waals surface area contributed by atoms with Crippen LogP contribution in [0.2, 0.25) is 5.02 Å². The minimum atomic E-state index is -1.50. The van der Waals surface area contributed by atoms with Crippen LogP contribution in [-0.4, -0.2) is 29.4 Å². The maximum Gasteiger partial charge on any atom is 0.195 e. The van der Waals surface area contributed by atoms with E-state index in [1.165, 1.54) is 11.3 Å². The molecule has 0 N–H and O–H groups in total. The fraction of sp³-hybridized carbons (Fsp3) is 0.129. The van der Waals surface area contributed by atoms with Gasteiger partial charge in [0.05, 0.1) is 10.9 Å². The molecule has 3 aliphatic rings. The van der Waals surface area contributed by atoms with E-state index in [4.69, 9.17) is 11.6 Å². The molecular formula is C31H19BrClNO3S. The van der Waals surface area contributed by atoms with Gasteiger partial charge >= 0.3 is 0 Å². The number of Topliss-reactive ketones (excluding diaryl/α,β-unsaturated/α-hetero) is 3. The number of rotatable bonds is 3. The second-order valence-corrected chi connectivity index (χ2v) is 12.1. The Balaban J connectivity index is 1.56. The molecular weight excluding hydrogens is 582 g/mol. The number of fused-ring (bicyclic) bond motifs is 5. The van der Waals surface area contributed by atoms with Crippen LogP contribution >= 0.6 is 38.9 Å². The number of thiophene rings is 1. The Morgan fingerprint density at radius 1 is 0.921 bits per heavy atom. The van der Waals surface area contributed by atoms with Gasteiger partial charge < -0.3 is 4.90 Å². The van der Waals surface area contributed by atoms with Crippen LogP contribution in [0.3, 0.4) is 0 Å². The van der Waals surface area contributed by atoms with Crippen molar-refractivity contribution in [1.82, 2.24) is 0 Å². The van der Waals surface area contributed by atoms with E-state index >= 15 is 0 Å². The maximum absolute atomic E-state index is 14.5. The highest BCUT2D eigenvalue weighted by Crippen LogP contribution is 2.61. The van der Waals surface area contributed by atoms with Gasteiger partial charge in [-0.05, 0) is 52.9 Å². The van der Waals surface area contributed by atoms with Gasteiger partial charge in [0, 0.05) is 32.2 Å². The Morgan fingerprint density at radius 3 is 2.29 bits per heavy atom. The molecule has 0 radical (unpaired) electrons. The molecule has 1 aromatic heterocycles. The number of hydrogen-bond donors (Lipinski definition) is 0. The SMILES string of the molecule is O=C(c1cccs1)[C@@H]1[C@@H](c2ccc(Br)cc2)C2(C(=O)c3ccccc3C2=O)C2C=Cc3cc(Cl)ccc3N21. The van der Waals surface area contributed by atoms with Gasteiger partial charge in [-0.2, -0.15) is 0 Å². The Morgan fingerprint density at radius 2 is 1.63 bits per heavy atom. The molecule has 3 heterocycles. The van der Waals surface area contributed by atoms with Gasteiger partial charge in [-0.25, -0.2) is 0 Å². The fourth-order valence-corrected chi connectivity index (χ4v) is 7.70. The van der Waals surface area contributed by atoms with Crippen molar-refractivity contribution in [2.45, 2.75) is 18.0 Å². The summed E-state index contributed by atoms with van der Waals surface area (Å²) in [7, 11) is 0. The summed E-state index contributed by atoms with van der Waals surface area (Å²) in [5.74, 6) is -1.29. The normalized spacial score (nSPS) is 22.5. The molecule has 7 heteroatoms. The molecule has 0 saturated carbocycles. The minimum absolute atomic E-state index is 0.109. The molecule has 4 nitrogen and oxygen atoms in total. The van der Waals surface area contributed by atoms with E-state index < -0.39 is 23.4 Å². The summed E-state index contributed by atoms with van der Waals surface area (Å²) >= 11 is 11.2. The summed E-state index contributed by atoms with van der Waals surface area (Å²) in [6.07, 6.45) is 3.83. The lowest BCUT2D eigenvalue weighted by Crippen LogP contribution is -2.48. The van der Waals surface area contributed by atoms with Gasteiger partial charge in [0.2, 0.25) is 0 Å². The van der Waals surface area contributed by atoms with E-state index in [1.54, 1.807) is 36.4 Å². The Hall–Kier alpha value is -3.32. The van der Waals surface area contributed by atoms with E-state index in [2.05, 4.69) is 15.9 Å². The molecule has 2 aliphatic heterocycles. The molecule has 186 valence electrons. The quantitative estimate of drug-likeness (QED) is 0.181. The van der Waals surface area contributed by atoms with E-state index in [-0.39, 0.29) is 17.3 Å². The number of hydrogen-bond acceptors (Lipinski definition) is 5. The number of anilines is 1. The number of ketones is 3. The summed E-state index contributed by atoms with van der Waals surface area (Å²) in [6, 6.07) is 22.4. The van der Waals surface area contributed by atoms with E-state index in [1.807, 2.05) is 64.9 Å². The monoisotopic (exact) mass is 599 g/mol. The maximum atomic E-state index is 14.5. The lowest BCUT2D eigenvalue weighted by molar-refractivity contribution is 0.0666. The van der Waals surface area contributed by atoms with Crippen molar-refractivity contribution in [2.24, 2.45) is 5.41 Å². The predicted molar refractivity (Wildman–Crippen MR) is 154 cm³/mol. The number of carbonyl (C=O) groups is 3. The van der Waals surface area contributed by atoms with Crippen LogP contribution < -0.4 is 4.90 Å². The third kappa shape index (κ3) is 3.11. The van der Waals surface area contributed by atoms with Crippen molar-refractivity contribution in [3.05, 3.63) is 127 Å². The molecule has 4 aromatic rings. The smallest absolute Gasteiger partial charge is 0.195 e. The van der Waals surface area contributed by atoms with Crippen molar-refractivity contribution in [3.63, 3.8) is 0 Å². The first kappa shape index (κ1) is 23.8. The van der Waals surface area contributed by atoms with Gasteiger partial charge in [-0.1, -0.05) is 82.1 Å². The molecule has 1 saturated heterocycles. The van der Waals surface area contributed by atoms with E-state index in [0.717, 1.165) is 21.3 Å². The molecule has 7 rings (SSSR count). The number of carbonyl (C=O) groups excluding carboxylic acids is 3. The summed E-state index contributed by atoms with van der Waals surface area (Å²) in [4.78, 5) is 46.1. The lowest BCUT2D eigenvalue weighted by Gasteiger charge is -2.37. The molecule has 38 heavy (non-hydrogen) atoms. The third-order valence-electron chi connectivity index (χ3n) is 8.03. The molecule has 0 bridgehead atoms. The van der Waals surface area contributed by atoms with Crippen molar-refractivity contribution in [2.75, 3.05) is 4.90 Å². The zero-order chi connectivity index (χ0) is 26.2. The Bertz CT molecular complexity index is 1640. The number of nitrogens with zero attached hydrogens (tertiary/aromatic N) is 1. The predicted octanol–water partition coefficient (Wildman–Crippen LogP) is 7.48. The molecule has 1 fully saturated rings. The van der Waals surface area contributed by atoms with E-state index in [0.29, 0.717) is 21.0 Å². The van der Waals surface area contributed by atoms with Crippen LogP contribution in [0, 0.1) is 5.41 Å². The molecule has 3 atom stereocenters. The first-order chi connectivity index (χ1) is 18.4. The van der Waals surface area contributed by atoms with Crippen LogP contribution in [0.25, 0.3) is 6.08 Å². The molecule has 0 amide bonds. The highest BCUT2D eigenvalue weighted by Gasteiger charge is 2.71. The summed E-state index contributed by atoms with van der Waals surface area (Å²) in [5, 5.41) is 2.45. The molecule has 1 spiro atoms. The minimum Gasteiger partial charge on any atom is -0.352 e. The molecule has 3 aromatic carbocycles. The van der Waals surface area contributed by atoms with E-state index in [9.17, 15) is 14.4 Å².